The van der Waals surface area contributed by atoms with Crippen molar-refractivity contribution in [2.24, 2.45) is 11.1 Å². The summed E-state index contributed by atoms with van der Waals surface area (Å²) >= 11 is 0. The van der Waals surface area contributed by atoms with E-state index >= 15 is 0 Å². The number of nitrogens with zero attached hydrogens (tertiary/aromatic N) is 1. The highest BCUT2D eigenvalue weighted by atomic mass is 32.2. The molecule has 5 heteroatoms. The van der Waals surface area contributed by atoms with Gasteiger partial charge in [0.05, 0.1) is 4.90 Å². The van der Waals surface area contributed by atoms with E-state index in [0.29, 0.717) is 24.5 Å². The highest BCUT2D eigenvalue weighted by Crippen LogP contribution is 2.33. The van der Waals surface area contributed by atoms with Gasteiger partial charge >= 0.3 is 0 Å². The molecule has 1 saturated heterocycles. The van der Waals surface area contributed by atoms with Gasteiger partial charge in [0, 0.05) is 19.6 Å². The average Bonchev–Trinajstić information content (AvgIpc) is 2.40. The number of hydrogen-bond donors (Lipinski definition) is 1. The molecule has 118 valence electrons. The molecule has 2 N–H and O–H groups in total. The summed E-state index contributed by atoms with van der Waals surface area (Å²) in [7, 11) is -3.44. The van der Waals surface area contributed by atoms with Gasteiger partial charge in [0.15, 0.2) is 0 Å². The van der Waals surface area contributed by atoms with Crippen LogP contribution >= 0.6 is 0 Å². The van der Waals surface area contributed by atoms with Crippen LogP contribution in [-0.2, 0) is 16.6 Å². The van der Waals surface area contributed by atoms with Gasteiger partial charge in [0.1, 0.15) is 0 Å². The van der Waals surface area contributed by atoms with Crippen LogP contribution in [0.25, 0.3) is 0 Å². The van der Waals surface area contributed by atoms with Gasteiger partial charge in [0.25, 0.3) is 0 Å². The topological polar surface area (TPSA) is 63.4 Å². The summed E-state index contributed by atoms with van der Waals surface area (Å²) < 4.78 is 27.6. The largest absolute Gasteiger partial charge is 0.326 e. The van der Waals surface area contributed by atoms with E-state index < -0.39 is 10.0 Å². The van der Waals surface area contributed by atoms with E-state index in [2.05, 4.69) is 13.8 Å². The molecule has 1 aromatic rings. The number of hydrogen-bond acceptors (Lipinski definition) is 3. The minimum atomic E-state index is -3.44. The van der Waals surface area contributed by atoms with Crippen molar-refractivity contribution in [3.8, 4) is 0 Å². The van der Waals surface area contributed by atoms with E-state index in [1.165, 1.54) is 0 Å². The summed E-state index contributed by atoms with van der Waals surface area (Å²) in [6.45, 7) is 9.62. The Kier molecular flexibility index (Phi) is 4.47. The summed E-state index contributed by atoms with van der Waals surface area (Å²) in [5.74, 6) is 0. The maximum Gasteiger partial charge on any atom is 0.243 e. The third-order valence-electron chi connectivity index (χ3n) is 4.40. The van der Waals surface area contributed by atoms with Crippen molar-refractivity contribution >= 4 is 10.0 Å². The van der Waals surface area contributed by atoms with E-state index in [-0.39, 0.29) is 5.41 Å². The number of benzene rings is 1. The second kappa shape index (κ2) is 5.71. The van der Waals surface area contributed by atoms with Crippen LogP contribution in [0.15, 0.2) is 17.0 Å². The van der Waals surface area contributed by atoms with E-state index in [9.17, 15) is 8.42 Å². The summed E-state index contributed by atoms with van der Waals surface area (Å²) in [4.78, 5) is 0.417. The van der Waals surface area contributed by atoms with Gasteiger partial charge in [-0.2, -0.15) is 4.31 Å². The van der Waals surface area contributed by atoms with Gasteiger partial charge in [-0.1, -0.05) is 19.9 Å². The summed E-state index contributed by atoms with van der Waals surface area (Å²) in [6, 6.07) is 3.70. The molecule has 4 nitrogen and oxygen atoms in total. The minimum Gasteiger partial charge on any atom is -0.326 e. The molecule has 1 aliphatic rings. The van der Waals surface area contributed by atoms with Gasteiger partial charge in [-0.25, -0.2) is 8.42 Å². The molecular weight excluding hydrogens is 284 g/mol. The van der Waals surface area contributed by atoms with Gasteiger partial charge < -0.3 is 5.73 Å². The molecule has 21 heavy (non-hydrogen) atoms. The minimum absolute atomic E-state index is 0.0414. The zero-order valence-electron chi connectivity index (χ0n) is 13.4. The van der Waals surface area contributed by atoms with Crippen LogP contribution in [0, 0.1) is 19.3 Å². The molecule has 0 bridgehead atoms. The standard InChI is InChI=1S/C16H26N2O2S/c1-12-8-14(10-17)9-15(13(12)2)21(19,20)18-7-5-6-16(3,4)11-18/h8-9H,5-7,10-11,17H2,1-4H3. The van der Waals surface area contributed by atoms with Crippen LogP contribution in [0.4, 0.5) is 0 Å². The van der Waals surface area contributed by atoms with Crippen molar-refractivity contribution in [1.29, 1.82) is 0 Å². The SMILES string of the molecule is Cc1cc(CN)cc(S(=O)(=O)N2CCCC(C)(C)C2)c1C. The van der Waals surface area contributed by atoms with Crippen molar-refractivity contribution < 1.29 is 8.42 Å². The number of sulfonamides is 1. The highest BCUT2D eigenvalue weighted by molar-refractivity contribution is 7.89. The summed E-state index contributed by atoms with van der Waals surface area (Å²) in [5.41, 5.74) is 8.41. The van der Waals surface area contributed by atoms with Crippen molar-refractivity contribution in [2.45, 2.75) is 52.0 Å². The zero-order chi connectivity index (χ0) is 15.8. The summed E-state index contributed by atoms with van der Waals surface area (Å²) in [6.07, 6.45) is 1.99. The van der Waals surface area contributed by atoms with Crippen LogP contribution < -0.4 is 5.73 Å². The molecule has 0 radical (unpaired) electrons. The molecule has 1 fully saturated rings. The predicted octanol–water partition coefficient (Wildman–Crippen LogP) is 2.57. The number of nitrogens with two attached hydrogens (primary N) is 1. The lowest BCUT2D eigenvalue weighted by Crippen LogP contribution is -2.43. The van der Waals surface area contributed by atoms with Crippen LogP contribution in [0.3, 0.4) is 0 Å². The Bertz CT molecular complexity index is 636. The van der Waals surface area contributed by atoms with Crippen LogP contribution in [-0.4, -0.2) is 25.8 Å². The molecule has 0 aliphatic carbocycles. The van der Waals surface area contributed by atoms with E-state index in [1.54, 1.807) is 10.4 Å². The Morgan fingerprint density at radius 2 is 1.95 bits per heavy atom. The first-order chi connectivity index (χ1) is 9.67. The van der Waals surface area contributed by atoms with Gasteiger partial charge in [0.2, 0.25) is 10.0 Å². The third kappa shape index (κ3) is 3.30. The molecule has 0 atom stereocenters. The lowest BCUT2D eigenvalue weighted by atomic mass is 9.85. The lowest BCUT2D eigenvalue weighted by molar-refractivity contribution is 0.187. The van der Waals surface area contributed by atoms with E-state index in [1.807, 2.05) is 19.9 Å². The van der Waals surface area contributed by atoms with Gasteiger partial charge in [-0.3, -0.25) is 0 Å². The Morgan fingerprint density at radius 1 is 1.29 bits per heavy atom. The molecule has 0 aromatic heterocycles. The third-order valence-corrected chi connectivity index (χ3v) is 6.37. The van der Waals surface area contributed by atoms with Crippen LogP contribution in [0.2, 0.25) is 0 Å². The molecule has 1 aromatic carbocycles. The maximum atomic E-state index is 13.0. The fourth-order valence-corrected chi connectivity index (χ4v) is 5.01. The Balaban J connectivity index is 2.47. The smallest absolute Gasteiger partial charge is 0.243 e. The van der Waals surface area contributed by atoms with Crippen molar-refractivity contribution in [3.05, 3.63) is 28.8 Å². The number of aryl methyl sites for hydroxylation is 1. The van der Waals surface area contributed by atoms with E-state index in [0.717, 1.165) is 29.5 Å². The maximum absolute atomic E-state index is 13.0. The molecule has 2 rings (SSSR count). The van der Waals surface area contributed by atoms with Crippen molar-refractivity contribution in [2.75, 3.05) is 13.1 Å². The number of rotatable bonds is 3. The monoisotopic (exact) mass is 310 g/mol. The van der Waals surface area contributed by atoms with Crippen molar-refractivity contribution in [1.82, 2.24) is 4.31 Å². The van der Waals surface area contributed by atoms with E-state index in [4.69, 9.17) is 5.73 Å². The van der Waals surface area contributed by atoms with Crippen LogP contribution in [0.5, 0.6) is 0 Å². The fraction of sp³-hybridized carbons (Fsp3) is 0.625. The van der Waals surface area contributed by atoms with Gasteiger partial charge in [-0.15, -0.1) is 0 Å². The first kappa shape index (κ1) is 16.5. The van der Waals surface area contributed by atoms with Crippen molar-refractivity contribution in [3.63, 3.8) is 0 Å². The molecule has 1 aliphatic heterocycles. The molecule has 0 spiro atoms. The predicted molar refractivity (Wildman–Crippen MR) is 85.6 cm³/mol. The zero-order valence-corrected chi connectivity index (χ0v) is 14.3. The summed E-state index contributed by atoms with van der Waals surface area (Å²) in [5, 5.41) is 0. The molecule has 0 unspecified atom stereocenters. The molecule has 1 heterocycles. The molecule has 0 amide bonds. The highest BCUT2D eigenvalue weighted by Gasteiger charge is 2.35. The Hall–Kier alpha value is -0.910. The quantitative estimate of drug-likeness (QED) is 0.933. The Labute approximate surface area is 128 Å². The van der Waals surface area contributed by atoms with Gasteiger partial charge in [-0.05, 0) is 54.9 Å². The fourth-order valence-electron chi connectivity index (χ4n) is 3.00. The lowest BCUT2D eigenvalue weighted by Gasteiger charge is -2.37. The second-order valence-electron chi connectivity index (χ2n) is 6.85. The average molecular weight is 310 g/mol. The molecular formula is C16H26N2O2S. The first-order valence-corrected chi connectivity index (χ1v) is 8.92. The first-order valence-electron chi connectivity index (χ1n) is 7.48. The molecule has 0 saturated carbocycles. The number of piperidine rings is 1. The second-order valence-corrected chi connectivity index (χ2v) is 8.75. The normalized spacial score (nSPS) is 19.7. The Morgan fingerprint density at radius 3 is 2.52 bits per heavy atom. The van der Waals surface area contributed by atoms with Crippen LogP contribution in [0.1, 0.15) is 43.4 Å².